The van der Waals surface area contributed by atoms with Crippen molar-refractivity contribution in [3.05, 3.63) is 59.7 Å². The van der Waals surface area contributed by atoms with Crippen LogP contribution in [0.15, 0.2) is 47.0 Å². The molecule has 6 heteroatoms. The Morgan fingerprint density at radius 3 is 2.88 bits per heavy atom. The predicted octanol–water partition coefficient (Wildman–Crippen LogP) is 3.73. The van der Waals surface area contributed by atoms with Gasteiger partial charge in [0.05, 0.1) is 6.20 Å². The Bertz CT molecular complexity index is 855. The van der Waals surface area contributed by atoms with Crippen LogP contribution in [0.4, 0.5) is 10.1 Å². The monoisotopic (exact) mass is 354 g/mol. The van der Waals surface area contributed by atoms with E-state index in [-0.39, 0.29) is 5.82 Å². The molecule has 5 nitrogen and oxygen atoms in total. The Labute approximate surface area is 152 Å². The maximum Gasteiger partial charge on any atom is 0.152 e. The average molecular weight is 354 g/mol. The summed E-state index contributed by atoms with van der Waals surface area (Å²) in [6.07, 6.45) is 2.99. The highest BCUT2D eigenvalue weighted by Crippen LogP contribution is 2.25. The number of furan rings is 1. The number of halogens is 1. The van der Waals surface area contributed by atoms with E-state index in [0.29, 0.717) is 5.92 Å². The Hall–Kier alpha value is -2.60. The van der Waals surface area contributed by atoms with Crippen LogP contribution in [0.5, 0.6) is 0 Å². The highest BCUT2D eigenvalue weighted by Gasteiger charge is 2.22. The van der Waals surface area contributed by atoms with E-state index in [9.17, 15) is 4.39 Å². The lowest BCUT2D eigenvalue weighted by Crippen LogP contribution is -2.26. The van der Waals surface area contributed by atoms with Gasteiger partial charge in [0.1, 0.15) is 17.3 Å². The Morgan fingerprint density at radius 2 is 2.12 bits per heavy atom. The quantitative estimate of drug-likeness (QED) is 0.708. The number of aromatic amines is 1. The molecule has 0 aliphatic carbocycles. The van der Waals surface area contributed by atoms with Gasteiger partial charge in [0, 0.05) is 37.4 Å². The first-order valence-electron chi connectivity index (χ1n) is 8.99. The van der Waals surface area contributed by atoms with Crippen molar-refractivity contribution in [1.29, 1.82) is 0 Å². The van der Waals surface area contributed by atoms with Gasteiger partial charge >= 0.3 is 0 Å². The van der Waals surface area contributed by atoms with Crippen LogP contribution in [-0.4, -0.2) is 29.8 Å². The van der Waals surface area contributed by atoms with Crippen molar-refractivity contribution >= 4 is 5.69 Å². The molecule has 1 fully saturated rings. The van der Waals surface area contributed by atoms with E-state index in [1.807, 2.05) is 37.4 Å². The molecule has 1 aromatic carbocycles. The minimum atomic E-state index is -0.186. The number of anilines is 1. The van der Waals surface area contributed by atoms with Gasteiger partial charge in [-0.15, -0.1) is 0 Å². The summed E-state index contributed by atoms with van der Waals surface area (Å²) in [4.78, 5) is 2.32. The number of nitrogens with zero attached hydrogens (tertiary/aromatic N) is 2. The molecule has 1 saturated heterocycles. The maximum atomic E-state index is 13.1. The Kier molecular flexibility index (Phi) is 4.75. The molecule has 0 radical (unpaired) electrons. The van der Waals surface area contributed by atoms with E-state index in [1.54, 1.807) is 0 Å². The summed E-state index contributed by atoms with van der Waals surface area (Å²) in [5.74, 6) is 2.11. The van der Waals surface area contributed by atoms with Crippen molar-refractivity contribution in [2.75, 3.05) is 24.5 Å². The average Bonchev–Trinajstić information content (AvgIpc) is 3.36. The highest BCUT2D eigenvalue weighted by molar-refractivity contribution is 5.56. The second-order valence-corrected chi connectivity index (χ2v) is 6.89. The molecule has 0 spiro atoms. The molecule has 1 aliphatic rings. The SMILES string of the molecule is Cc1ccc(-c2[nH]ncc2CNC[C@H]2CCN(c3ccc(F)cc3)C2)o1. The van der Waals surface area contributed by atoms with Crippen molar-refractivity contribution in [1.82, 2.24) is 15.5 Å². The molecule has 136 valence electrons. The summed E-state index contributed by atoms with van der Waals surface area (Å²) in [5, 5.41) is 10.7. The molecule has 4 rings (SSSR count). The number of nitrogens with one attached hydrogen (secondary N) is 2. The van der Waals surface area contributed by atoms with E-state index < -0.39 is 0 Å². The second kappa shape index (κ2) is 7.33. The van der Waals surface area contributed by atoms with E-state index >= 15 is 0 Å². The van der Waals surface area contributed by atoms with Crippen molar-refractivity contribution in [3.63, 3.8) is 0 Å². The molecule has 0 saturated carbocycles. The van der Waals surface area contributed by atoms with Crippen LogP contribution in [0.1, 0.15) is 17.7 Å². The van der Waals surface area contributed by atoms with Crippen LogP contribution in [0.25, 0.3) is 11.5 Å². The smallest absolute Gasteiger partial charge is 0.152 e. The standard InChI is InChI=1S/C20H23FN4O/c1-14-2-7-19(26-14)20-16(12-23-24-20)11-22-10-15-8-9-25(13-15)18-5-3-17(21)4-6-18/h2-7,12,15,22H,8-11,13H2,1H3,(H,23,24)/t15-/m1/s1. The highest BCUT2D eigenvalue weighted by atomic mass is 19.1. The third kappa shape index (κ3) is 3.65. The molecular weight excluding hydrogens is 331 g/mol. The zero-order valence-corrected chi connectivity index (χ0v) is 14.8. The second-order valence-electron chi connectivity index (χ2n) is 6.89. The molecule has 2 aromatic heterocycles. The van der Waals surface area contributed by atoms with Gasteiger partial charge < -0.3 is 14.6 Å². The summed E-state index contributed by atoms with van der Waals surface area (Å²) in [6, 6.07) is 10.7. The lowest BCUT2D eigenvalue weighted by Gasteiger charge is -2.18. The van der Waals surface area contributed by atoms with Gasteiger partial charge in [-0.1, -0.05) is 0 Å². The normalized spacial score (nSPS) is 17.2. The molecule has 0 bridgehead atoms. The molecule has 1 aliphatic heterocycles. The van der Waals surface area contributed by atoms with Crippen LogP contribution < -0.4 is 10.2 Å². The summed E-state index contributed by atoms with van der Waals surface area (Å²) in [5.41, 5.74) is 3.14. The molecule has 1 atom stereocenters. The summed E-state index contributed by atoms with van der Waals surface area (Å²) in [6.45, 7) is 5.64. The van der Waals surface area contributed by atoms with Gasteiger partial charge in [-0.3, -0.25) is 5.10 Å². The van der Waals surface area contributed by atoms with Crippen LogP contribution in [0.3, 0.4) is 0 Å². The summed E-state index contributed by atoms with van der Waals surface area (Å²) < 4.78 is 18.8. The molecule has 0 amide bonds. The zero-order valence-electron chi connectivity index (χ0n) is 14.8. The van der Waals surface area contributed by atoms with Crippen LogP contribution in [0, 0.1) is 18.7 Å². The Balaban J connectivity index is 1.30. The van der Waals surface area contributed by atoms with E-state index in [1.165, 1.54) is 12.1 Å². The number of benzene rings is 1. The van der Waals surface area contributed by atoms with Gasteiger partial charge in [0.25, 0.3) is 0 Å². The van der Waals surface area contributed by atoms with E-state index in [4.69, 9.17) is 4.42 Å². The molecule has 3 aromatic rings. The summed E-state index contributed by atoms with van der Waals surface area (Å²) in [7, 11) is 0. The minimum Gasteiger partial charge on any atom is -0.460 e. The first kappa shape index (κ1) is 16.8. The number of hydrogen-bond donors (Lipinski definition) is 2. The molecule has 26 heavy (non-hydrogen) atoms. The fourth-order valence-corrected chi connectivity index (χ4v) is 3.52. The Morgan fingerprint density at radius 1 is 1.27 bits per heavy atom. The van der Waals surface area contributed by atoms with Crippen LogP contribution >= 0.6 is 0 Å². The van der Waals surface area contributed by atoms with Gasteiger partial charge in [0.15, 0.2) is 5.76 Å². The van der Waals surface area contributed by atoms with Crippen molar-refractivity contribution in [2.45, 2.75) is 19.9 Å². The largest absolute Gasteiger partial charge is 0.460 e. The summed E-state index contributed by atoms with van der Waals surface area (Å²) >= 11 is 0. The number of aryl methyl sites for hydroxylation is 1. The third-order valence-corrected chi connectivity index (χ3v) is 4.93. The number of aromatic nitrogens is 2. The van der Waals surface area contributed by atoms with Gasteiger partial charge in [-0.05, 0) is 55.7 Å². The fraction of sp³-hybridized carbons (Fsp3) is 0.350. The van der Waals surface area contributed by atoms with Gasteiger partial charge in [0.2, 0.25) is 0 Å². The number of hydrogen-bond acceptors (Lipinski definition) is 4. The van der Waals surface area contributed by atoms with Crippen molar-refractivity contribution in [2.24, 2.45) is 5.92 Å². The van der Waals surface area contributed by atoms with E-state index in [0.717, 1.165) is 61.1 Å². The minimum absolute atomic E-state index is 0.186. The topological polar surface area (TPSA) is 57.1 Å². The molecule has 0 unspecified atom stereocenters. The first-order chi connectivity index (χ1) is 12.7. The lowest BCUT2D eigenvalue weighted by atomic mass is 10.1. The van der Waals surface area contributed by atoms with Crippen molar-refractivity contribution in [3.8, 4) is 11.5 Å². The number of rotatable bonds is 6. The van der Waals surface area contributed by atoms with Crippen molar-refractivity contribution < 1.29 is 8.81 Å². The number of H-pyrrole nitrogens is 1. The third-order valence-electron chi connectivity index (χ3n) is 4.93. The van der Waals surface area contributed by atoms with Gasteiger partial charge in [-0.25, -0.2) is 4.39 Å². The van der Waals surface area contributed by atoms with Crippen LogP contribution in [-0.2, 0) is 6.54 Å². The fourth-order valence-electron chi connectivity index (χ4n) is 3.52. The zero-order chi connectivity index (χ0) is 17.9. The first-order valence-corrected chi connectivity index (χ1v) is 8.99. The molecular formula is C20H23FN4O. The molecule has 2 N–H and O–H groups in total. The lowest BCUT2D eigenvalue weighted by molar-refractivity contribution is 0.515. The molecule has 3 heterocycles. The van der Waals surface area contributed by atoms with Gasteiger partial charge in [-0.2, -0.15) is 5.10 Å². The van der Waals surface area contributed by atoms with E-state index in [2.05, 4.69) is 20.4 Å². The predicted molar refractivity (Wildman–Crippen MR) is 99.5 cm³/mol. The van der Waals surface area contributed by atoms with Crippen LogP contribution in [0.2, 0.25) is 0 Å². The maximum absolute atomic E-state index is 13.1.